The molecule has 1 rings (SSSR count). The molecule has 5 nitrogen and oxygen atoms in total. The summed E-state index contributed by atoms with van der Waals surface area (Å²) in [7, 11) is 3.06. The van der Waals surface area contributed by atoms with E-state index in [1.807, 2.05) is 0 Å². The Morgan fingerprint density at radius 2 is 2.12 bits per heavy atom. The van der Waals surface area contributed by atoms with Crippen molar-refractivity contribution in [3.8, 4) is 5.75 Å². The third-order valence-electron chi connectivity index (χ3n) is 2.10. The Hall–Kier alpha value is -1.56. The second kappa shape index (κ2) is 6.24. The van der Waals surface area contributed by atoms with Gasteiger partial charge in [-0.15, -0.1) is 0 Å². The molecule has 0 aliphatic rings. The third-order valence-corrected chi connectivity index (χ3v) is 2.72. The highest BCUT2D eigenvalue weighted by molar-refractivity contribution is 9.10. The Kier molecular flexibility index (Phi) is 4.96. The van der Waals surface area contributed by atoms with Gasteiger partial charge >= 0.3 is 0 Å². The van der Waals surface area contributed by atoms with Gasteiger partial charge in [0.1, 0.15) is 5.75 Å². The first-order chi connectivity index (χ1) is 8.08. The molecule has 1 aromatic carbocycles. The summed E-state index contributed by atoms with van der Waals surface area (Å²) >= 11 is 3.29. The normalized spacial score (nSPS) is 9.59. The van der Waals surface area contributed by atoms with Crippen LogP contribution in [0.1, 0.15) is 10.4 Å². The van der Waals surface area contributed by atoms with E-state index in [4.69, 9.17) is 4.74 Å². The van der Waals surface area contributed by atoms with Crippen LogP contribution < -0.4 is 15.4 Å². The van der Waals surface area contributed by atoms with E-state index in [1.165, 1.54) is 7.05 Å². The summed E-state index contributed by atoms with van der Waals surface area (Å²) in [5.41, 5.74) is 0.460. The van der Waals surface area contributed by atoms with Gasteiger partial charge in [0, 0.05) is 12.6 Å². The van der Waals surface area contributed by atoms with Crippen LogP contribution in [-0.4, -0.2) is 32.5 Å². The number of rotatable bonds is 4. The summed E-state index contributed by atoms with van der Waals surface area (Å²) in [6, 6.07) is 4.94. The predicted molar refractivity (Wildman–Crippen MR) is 67.1 cm³/mol. The quantitative estimate of drug-likeness (QED) is 0.869. The number of benzene rings is 1. The maximum atomic E-state index is 11.7. The van der Waals surface area contributed by atoms with E-state index < -0.39 is 0 Å². The van der Waals surface area contributed by atoms with Crippen molar-refractivity contribution >= 4 is 27.7 Å². The highest BCUT2D eigenvalue weighted by Crippen LogP contribution is 2.25. The van der Waals surface area contributed by atoms with E-state index in [0.29, 0.717) is 15.8 Å². The highest BCUT2D eigenvalue weighted by atomic mass is 79.9. The van der Waals surface area contributed by atoms with E-state index >= 15 is 0 Å². The number of methoxy groups -OCH3 is 1. The number of nitrogens with one attached hydrogen (secondary N) is 2. The van der Waals surface area contributed by atoms with Crippen LogP contribution in [0.2, 0.25) is 0 Å². The van der Waals surface area contributed by atoms with Gasteiger partial charge in [0.25, 0.3) is 5.91 Å². The summed E-state index contributed by atoms with van der Waals surface area (Å²) < 4.78 is 5.74. The lowest BCUT2D eigenvalue weighted by Gasteiger charge is -2.07. The molecular weight excluding hydrogens is 288 g/mol. The molecule has 0 aliphatic carbocycles. The van der Waals surface area contributed by atoms with Crippen molar-refractivity contribution in [1.29, 1.82) is 0 Å². The van der Waals surface area contributed by atoms with Crippen molar-refractivity contribution in [2.45, 2.75) is 0 Å². The summed E-state index contributed by atoms with van der Waals surface area (Å²) in [5.74, 6) is 0.0933. The molecular formula is C11H13BrN2O3. The van der Waals surface area contributed by atoms with Crippen LogP contribution in [0.25, 0.3) is 0 Å². The molecule has 6 heteroatoms. The summed E-state index contributed by atoms with van der Waals surface area (Å²) in [6.45, 7) is -0.0427. The second-order valence-corrected chi connectivity index (χ2v) is 4.06. The van der Waals surface area contributed by atoms with Gasteiger partial charge in [0.05, 0.1) is 18.1 Å². The number of hydrogen-bond donors (Lipinski definition) is 2. The van der Waals surface area contributed by atoms with Gasteiger partial charge in [-0.25, -0.2) is 0 Å². The van der Waals surface area contributed by atoms with Crippen LogP contribution in [0.15, 0.2) is 22.7 Å². The average molecular weight is 301 g/mol. The van der Waals surface area contributed by atoms with Gasteiger partial charge in [-0.2, -0.15) is 0 Å². The molecule has 0 aliphatic heterocycles. The topological polar surface area (TPSA) is 67.4 Å². The van der Waals surface area contributed by atoms with Crippen LogP contribution in [0.4, 0.5) is 0 Å². The Balaban J connectivity index is 2.69. The average Bonchev–Trinajstić information content (AvgIpc) is 2.35. The molecule has 92 valence electrons. The fourth-order valence-corrected chi connectivity index (χ4v) is 1.70. The molecule has 0 spiro atoms. The minimum Gasteiger partial charge on any atom is -0.496 e. The first kappa shape index (κ1) is 13.5. The third kappa shape index (κ3) is 3.74. The number of hydrogen-bond acceptors (Lipinski definition) is 3. The van der Waals surface area contributed by atoms with Gasteiger partial charge in [-0.3, -0.25) is 9.59 Å². The van der Waals surface area contributed by atoms with Crippen molar-refractivity contribution < 1.29 is 14.3 Å². The predicted octanol–water partition coefficient (Wildman–Crippen LogP) is 0.934. The lowest BCUT2D eigenvalue weighted by Crippen LogP contribution is -2.35. The van der Waals surface area contributed by atoms with Gasteiger partial charge in [0.2, 0.25) is 5.91 Å². The molecule has 1 aromatic rings. The van der Waals surface area contributed by atoms with Gasteiger partial charge in [-0.05, 0) is 34.1 Å². The maximum Gasteiger partial charge on any atom is 0.251 e. The van der Waals surface area contributed by atoms with Gasteiger partial charge in [-0.1, -0.05) is 0 Å². The fraction of sp³-hybridized carbons (Fsp3) is 0.273. The van der Waals surface area contributed by atoms with E-state index in [0.717, 1.165) is 0 Å². The van der Waals surface area contributed by atoms with Crippen LogP contribution >= 0.6 is 15.9 Å². The summed E-state index contributed by atoms with van der Waals surface area (Å²) in [5, 5.41) is 4.92. The number of carbonyl (C=O) groups excluding carboxylic acids is 2. The van der Waals surface area contributed by atoms with Crippen molar-refractivity contribution in [1.82, 2.24) is 10.6 Å². The van der Waals surface area contributed by atoms with Crippen molar-refractivity contribution in [3.63, 3.8) is 0 Å². The first-order valence-corrected chi connectivity index (χ1v) is 5.70. The number of likely N-dealkylation sites (N-methyl/N-ethyl adjacent to an activating group) is 1. The largest absolute Gasteiger partial charge is 0.496 e. The molecule has 2 amide bonds. The van der Waals surface area contributed by atoms with Gasteiger partial charge in [0.15, 0.2) is 0 Å². The number of amides is 2. The minimum absolute atomic E-state index is 0.0427. The Morgan fingerprint density at radius 1 is 1.41 bits per heavy atom. The molecule has 0 heterocycles. The Labute approximate surface area is 108 Å². The molecule has 0 radical (unpaired) electrons. The van der Waals surface area contributed by atoms with E-state index in [2.05, 4.69) is 26.6 Å². The summed E-state index contributed by atoms with van der Waals surface area (Å²) in [4.78, 5) is 22.6. The molecule has 0 unspecified atom stereocenters. The zero-order valence-corrected chi connectivity index (χ0v) is 11.1. The Morgan fingerprint density at radius 3 is 2.65 bits per heavy atom. The lowest BCUT2D eigenvalue weighted by molar-refractivity contribution is -0.119. The molecule has 17 heavy (non-hydrogen) atoms. The van der Waals surface area contributed by atoms with E-state index in [1.54, 1.807) is 25.3 Å². The zero-order valence-electron chi connectivity index (χ0n) is 9.54. The maximum absolute atomic E-state index is 11.7. The monoisotopic (exact) mass is 300 g/mol. The molecule has 0 fully saturated rings. The van der Waals surface area contributed by atoms with Crippen molar-refractivity contribution in [2.24, 2.45) is 0 Å². The second-order valence-electron chi connectivity index (χ2n) is 3.21. The SMILES string of the molecule is CNC(=O)CNC(=O)c1ccc(OC)c(Br)c1. The number of halogens is 1. The number of carbonyl (C=O) groups is 2. The van der Waals surface area contributed by atoms with E-state index in [9.17, 15) is 9.59 Å². The minimum atomic E-state index is -0.308. The first-order valence-electron chi connectivity index (χ1n) is 4.90. The van der Waals surface area contributed by atoms with Gasteiger partial charge < -0.3 is 15.4 Å². The highest BCUT2D eigenvalue weighted by Gasteiger charge is 2.09. The van der Waals surface area contributed by atoms with Crippen molar-refractivity contribution in [3.05, 3.63) is 28.2 Å². The molecule has 0 saturated carbocycles. The fourth-order valence-electron chi connectivity index (χ4n) is 1.16. The Bertz CT molecular complexity index is 435. The molecule has 0 bridgehead atoms. The smallest absolute Gasteiger partial charge is 0.251 e. The van der Waals surface area contributed by atoms with Crippen LogP contribution in [0.3, 0.4) is 0 Å². The summed E-state index contributed by atoms with van der Waals surface area (Å²) in [6.07, 6.45) is 0. The zero-order chi connectivity index (χ0) is 12.8. The standard InChI is InChI=1S/C11H13BrN2O3/c1-13-10(15)6-14-11(16)7-3-4-9(17-2)8(12)5-7/h3-5H,6H2,1-2H3,(H,13,15)(H,14,16). The molecule has 0 atom stereocenters. The lowest BCUT2D eigenvalue weighted by atomic mass is 10.2. The molecule has 0 saturated heterocycles. The van der Waals surface area contributed by atoms with Crippen molar-refractivity contribution in [2.75, 3.05) is 20.7 Å². The molecule has 0 aromatic heterocycles. The van der Waals surface area contributed by atoms with E-state index in [-0.39, 0.29) is 18.4 Å². The van der Waals surface area contributed by atoms with Crippen LogP contribution in [0.5, 0.6) is 5.75 Å². The number of ether oxygens (including phenoxy) is 1. The van der Waals surface area contributed by atoms with Crippen LogP contribution in [-0.2, 0) is 4.79 Å². The molecule has 2 N–H and O–H groups in total. The van der Waals surface area contributed by atoms with Crippen LogP contribution in [0, 0.1) is 0 Å².